The van der Waals surface area contributed by atoms with Gasteiger partial charge in [-0.1, -0.05) is 12.1 Å². The minimum Gasteiger partial charge on any atom is -0.465 e. The van der Waals surface area contributed by atoms with E-state index in [1.54, 1.807) is 26.8 Å². The van der Waals surface area contributed by atoms with Gasteiger partial charge in [-0.2, -0.15) is 5.26 Å². The van der Waals surface area contributed by atoms with Gasteiger partial charge in [0.1, 0.15) is 12.0 Å². The van der Waals surface area contributed by atoms with Crippen molar-refractivity contribution in [2.75, 3.05) is 13.2 Å². The van der Waals surface area contributed by atoms with Crippen LogP contribution in [0.2, 0.25) is 0 Å². The second kappa shape index (κ2) is 8.90. The molecular formula is C19H19N3O6. The van der Waals surface area contributed by atoms with Gasteiger partial charge < -0.3 is 9.47 Å². The number of nitriles is 1. The zero-order valence-electron chi connectivity index (χ0n) is 15.7. The Morgan fingerprint density at radius 2 is 1.96 bits per heavy atom. The molecule has 0 radical (unpaired) electrons. The third-order valence-electron chi connectivity index (χ3n) is 4.22. The quantitative estimate of drug-likeness (QED) is 0.418. The van der Waals surface area contributed by atoms with Crippen LogP contribution in [0.3, 0.4) is 0 Å². The molecule has 1 aromatic carbocycles. The van der Waals surface area contributed by atoms with Crippen molar-refractivity contribution >= 4 is 23.3 Å². The maximum atomic E-state index is 12.6. The average Bonchev–Trinajstić information content (AvgIpc) is 2.67. The molecule has 0 amide bonds. The van der Waals surface area contributed by atoms with Crippen molar-refractivity contribution in [3.05, 3.63) is 51.2 Å². The fourth-order valence-corrected chi connectivity index (χ4v) is 3.11. The molecule has 2 atom stereocenters. The molecule has 1 heterocycles. The molecule has 2 unspecified atom stereocenters. The number of rotatable bonds is 6. The Bertz CT molecular complexity index is 912. The molecule has 0 aliphatic carbocycles. The third kappa shape index (κ3) is 4.06. The van der Waals surface area contributed by atoms with Crippen LogP contribution in [0.25, 0.3) is 0 Å². The molecule has 0 N–H and O–H groups in total. The zero-order chi connectivity index (χ0) is 20.8. The van der Waals surface area contributed by atoms with Gasteiger partial charge in [0, 0.05) is 23.8 Å². The lowest BCUT2D eigenvalue weighted by Gasteiger charge is -2.30. The number of benzene rings is 1. The van der Waals surface area contributed by atoms with E-state index in [0.717, 1.165) is 0 Å². The standard InChI is InChI=1S/C19H19N3O6/c1-4-27-18(23)15-11(3)21-14(10-20)17(19(24)28-5-2)16(15)12-7-6-8-13(9-12)22(25)26/h6-9,15-16H,4-5H2,1-3H3. The third-order valence-corrected chi connectivity index (χ3v) is 4.22. The lowest BCUT2D eigenvalue weighted by molar-refractivity contribution is -0.384. The van der Waals surface area contributed by atoms with Crippen molar-refractivity contribution < 1.29 is 24.0 Å². The highest BCUT2D eigenvalue weighted by atomic mass is 16.6. The van der Waals surface area contributed by atoms with Crippen LogP contribution in [0.4, 0.5) is 5.69 Å². The molecule has 1 aliphatic heterocycles. The first kappa shape index (κ1) is 20.8. The molecule has 0 aromatic heterocycles. The number of aliphatic imine (C=N–C) groups is 1. The van der Waals surface area contributed by atoms with E-state index in [0.29, 0.717) is 5.56 Å². The fraction of sp³-hybridized carbons (Fsp3) is 0.368. The van der Waals surface area contributed by atoms with Crippen LogP contribution in [0.15, 0.2) is 40.5 Å². The number of nitro groups is 1. The SMILES string of the molecule is CCOC(=O)C1=C(C#N)N=C(C)C(C(=O)OCC)C1c1cccc([N+](=O)[O-])c1. The van der Waals surface area contributed by atoms with Crippen LogP contribution in [0.1, 0.15) is 32.3 Å². The van der Waals surface area contributed by atoms with E-state index in [1.807, 2.05) is 6.07 Å². The van der Waals surface area contributed by atoms with E-state index in [4.69, 9.17) is 9.47 Å². The molecule has 28 heavy (non-hydrogen) atoms. The molecule has 0 bridgehead atoms. The minimum atomic E-state index is -1.02. The molecule has 0 spiro atoms. The molecule has 146 valence electrons. The molecule has 0 fully saturated rings. The van der Waals surface area contributed by atoms with E-state index >= 15 is 0 Å². The topological polar surface area (TPSA) is 132 Å². The summed E-state index contributed by atoms with van der Waals surface area (Å²) in [7, 11) is 0. The number of allylic oxidation sites excluding steroid dienone is 1. The molecule has 1 aromatic rings. The first-order valence-electron chi connectivity index (χ1n) is 8.63. The fourth-order valence-electron chi connectivity index (χ4n) is 3.11. The summed E-state index contributed by atoms with van der Waals surface area (Å²) in [5.41, 5.74) is 0.0837. The van der Waals surface area contributed by atoms with Crippen molar-refractivity contribution in [3.8, 4) is 6.07 Å². The number of hydrogen-bond acceptors (Lipinski definition) is 8. The number of carbonyl (C=O) groups excluding carboxylic acids is 2. The van der Waals surface area contributed by atoms with E-state index in [9.17, 15) is 25.0 Å². The van der Waals surface area contributed by atoms with Gasteiger partial charge >= 0.3 is 11.9 Å². The molecule has 9 nitrogen and oxygen atoms in total. The highest BCUT2D eigenvalue weighted by Gasteiger charge is 2.43. The summed E-state index contributed by atoms with van der Waals surface area (Å²) in [6.45, 7) is 4.94. The maximum Gasteiger partial charge on any atom is 0.337 e. The van der Waals surface area contributed by atoms with Gasteiger partial charge in [0.15, 0.2) is 5.70 Å². The Morgan fingerprint density at radius 1 is 1.29 bits per heavy atom. The van der Waals surface area contributed by atoms with Crippen molar-refractivity contribution in [3.63, 3.8) is 0 Å². The Hall–Kier alpha value is -3.54. The summed E-state index contributed by atoms with van der Waals surface area (Å²) in [6, 6.07) is 7.42. The number of hydrogen-bond donors (Lipinski definition) is 0. The Morgan fingerprint density at radius 3 is 2.54 bits per heavy atom. The van der Waals surface area contributed by atoms with Crippen molar-refractivity contribution in [1.29, 1.82) is 5.26 Å². The maximum absolute atomic E-state index is 12.6. The first-order valence-corrected chi connectivity index (χ1v) is 8.63. The number of nitro benzene ring substituents is 1. The Kier molecular flexibility index (Phi) is 6.60. The van der Waals surface area contributed by atoms with Gasteiger partial charge in [-0.3, -0.25) is 14.9 Å². The summed E-state index contributed by atoms with van der Waals surface area (Å²) in [5.74, 6) is -3.45. The minimum absolute atomic E-state index is 0.0511. The molecule has 2 rings (SSSR count). The normalized spacial score (nSPS) is 18.7. The molecule has 9 heteroatoms. The van der Waals surface area contributed by atoms with E-state index in [1.165, 1.54) is 18.2 Å². The van der Waals surface area contributed by atoms with Gasteiger partial charge in [-0.25, -0.2) is 9.79 Å². The monoisotopic (exact) mass is 385 g/mol. The second-order valence-corrected chi connectivity index (χ2v) is 5.91. The van der Waals surface area contributed by atoms with Gasteiger partial charge in [0.25, 0.3) is 5.69 Å². The van der Waals surface area contributed by atoms with E-state index in [2.05, 4.69) is 4.99 Å². The highest BCUT2D eigenvalue weighted by Crippen LogP contribution is 2.40. The van der Waals surface area contributed by atoms with E-state index < -0.39 is 28.7 Å². The summed E-state index contributed by atoms with van der Waals surface area (Å²) in [5, 5.41) is 20.7. The van der Waals surface area contributed by atoms with Crippen LogP contribution < -0.4 is 0 Å². The van der Waals surface area contributed by atoms with Crippen LogP contribution in [0, 0.1) is 27.4 Å². The van der Waals surface area contributed by atoms with Gasteiger partial charge in [-0.15, -0.1) is 0 Å². The van der Waals surface area contributed by atoms with Crippen LogP contribution >= 0.6 is 0 Å². The predicted octanol–water partition coefficient (Wildman–Crippen LogP) is 2.67. The Labute approximate surface area is 161 Å². The van der Waals surface area contributed by atoms with Gasteiger partial charge in [0.05, 0.1) is 23.7 Å². The number of carbonyl (C=O) groups is 2. The number of nitrogens with zero attached hydrogens (tertiary/aromatic N) is 3. The number of non-ortho nitro benzene ring substituents is 1. The van der Waals surface area contributed by atoms with E-state index in [-0.39, 0.29) is 35.9 Å². The smallest absolute Gasteiger partial charge is 0.337 e. The van der Waals surface area contributed by atoms with Crippen LogP contribution in [0.5, 0.6) is 0 Å². The molecule has 1 aliphatic rings. The first-order chi connectivity index (χ1) is 13.3. The lowest BCUT2D eigenvalue weighted by atomic mass is 9.75. The van der Waals surface area contributed by atoms with Crippen LogP contribution in [-0.2, 0) is 19.1 Å². The van der Waals surface area contributed by atoms with Gasteiger partial charge in [0.2, 0.25) is 0 Å². The average molecular weight is 385 g/mol. The summed E-state index contributed by atoms with van der Waals surface area (Å²) in [4.78, 5) is 40.0. The van der Waals surface area contributed by atoms with Crippen LogP contribution in [-0.4, -0.2) is 35.8 Å². The summed E-state index contributed by atoms with van der Waals surface area (Å²) in [6.07, 6.45) is 0. The van der Waals surface area contributed by atoms with Crippen molar-refractivity contribution in [2.45, 2.75) is 26.7 Å². The summed E-state index contributed by atoms with van der Waals surface area (Å²) >= 11 is 0. The largest absolute Gasteiger partial charge is 0.465 e. The zero-order valence-corrected chi connectivity index (χ0v) is 15.7. The number of esters is 2. The van der Waals surface area contributed by atoms with Crippen molar-refractivity contribution in [2.24, 2.45) is 10.9 Å². The second-order valence-electron chi connectivity index (χ2n) is 5.91. The molecule has 0 saturated carbocycles. The molecule has 0 saturated heterocycles. The summed E-state index contributed by atoms with van der Waals surface area (Å²) < 4.78 is 10.2. The Balaban J connectivity index is 2.74. The predicted molar refractivity (Wildman–Crippen MR) is 98.3 cm³/mol. The van der Waals surface area contributed by atoms with Crippen molar-refractivity contribution in [1.82, 2.24) is 0 Å². The lowest BCUT2D eigenvalue weighted by Crippen LogP contribution is -2.36. The van der Waals surface area contributed by atoms with Gasteiger partial charge in [-0.05, 0) is 26.3 Å². The molecular weight excluding hydrogens is 366 g/mol. The number of ether oxygens (including phenoxy) is 2. The highest BCUT2D eigenvalue weighted by molar-refractivity contribution is 6.07.